The standard InChI is InChI=1S/C5H14N4O4S2/c1-7-15(12,13)9-4-2-8(3-5-9)14(6,10)11/h7H,2-5H2,1H3,(H2,6,10,11). The highest BCUT2D eigenvalue weighted by molar-refractivity contribution is 7.87. The summed E-state index contributed by atoms with van der Waals surface area (Å²) in [7, 11) is -5.87. The minimum Gasteiger partial charge on any atom is -0.216 e. The molecular weight excluding hydrogens is 244 g/mol. The normalized spacial score (nSPS) is 21.7. The zero-order valence-electron chi connectivity index (χ0n) is 8.25. The molecule has 15 heavy (non-hydrogen) atoms. The summed E-state index contributed by atoms with van der Waals surface area (Å²) in [5.41, 5.74) is 0. The van der Waals surface area contributed by atoms with E-state index in [1.54, 1.807) is 0 Å². The molecule has 0 aromatic rings. The van der Waals surface area contributed by atoms with Crippen LogP contribution in [0.4, 0.5) is 0 Å². The highest BCUT2D eigenvalue weighted by Crippen LogP contribution is 2.07. The summed E-state index contributed by atoms with van der Waals surface area (Å²) < 4.78 is 48.9. The van der Waals surface area contributed by atoms with Gasteiger partial charge in [0.1, 0.15) is 0 Å². The maximum atomic E-state index is 11.3. The molecule has 0 saturated carbocycles. The lowest BCUT2D eigenvalue weighted by Crippen LogP contribution is -2.54. The van der Waals surface area contributed by atoms with Crippen LogP contribution in [0.25, 0.3) is 0 Å². The van der Waals surface area contributed by atoms with Crippen LogP contribution >= 0.6 is 0 Å². The predicted molar refractivity (Wildman–Crippen MR) is 54.2 cm³/mol. The zero-order chi connectivity index (χ0) is 11.7. The Morgan fingerprint density at radius 2 is 1.40 bits per heavy atom. The lowest BCUT2D eigenvalue weighted by molar-refractivity contribution is 0.271. The molecule has 10 heteroatoms. The van der Waals surface area contributed by atoms with Crippen molar-refractivity contribution in [3.8, 4) is 0 Å². The van der Waals surface area contributed by atoms with Crippen LogP contribution in [0.2, 0.25) is 0 Å². The lowest BCUT2D eigenvalue weighted by Gasteiger charge is -2.31. The van der Waals surface area contributed by atoms with E-state index in [1.807, 2.05) is 0 Å². The highest BCUT2D eigenvalue weighted by atomic mass is 32.2. The second-order valence-corrected chi connectivity index (χ2v) is 6.47. The van der Waals surface area contributed by atoms with Crippen LogP contribution in [0.3, 0.4) is 0 Å². The smallest absolute Gasteiger partial charge is 0.216 e. The van der Waals surface area contributed by atoms with Crippen molar-refractivity contribution in [3.05, 3.63) is 0 Å². The average Bonchev–Trinajstić information content (AvgIpc) is 2.17. The summed E-state index contributed by atoms with van der Waals surface area (Å²) in [6, 6.07) is 0. The SMILES string of the molecule is CNS(=O)(=O)N1CCN(S(N)(=O)=O)CC1. The molecule has 0 aromatic carbocycles. The van der Waals surface area contributed by atoms with Gasteiger partial charge in [0.2, 0.25) is 0 Å². The summed E-state index contributed by atoms with van der Waals surface area (Å²) in [6.07, 6.45) is 0. The van der Waals surface area contributed by atoms with E-state index in [9.17, 15) is 16.8 Å². The van der Waals surface area contributed by atoms with Crippen molar-refractivity contribution >= 4 is 20.4 Å². The van der Waals surface area contributed by atoms with Crippen LogP contribution < -0.4 is 9.86 Å². The van der Waals surface area contributed by atoms with Gasteiger partial charge in [-0.05, 0) is 0 Å². The van der Waals surface area contributed by atoms with E-state index in [1.165, 1.54) is 11.4 Å². The number of nitrogens with two attached hydrogens (primary N) is 1. The second-order valence-electron chi connectivity index (χ2n) is 3.05. The second kappa shape index (κ2) is 4.31. The number of nitrogens with zero attached hydrogens (tertiary/aromatic N) is 2. The number of hydrogen-bond acceptors (Lipinski definition) is 4. The molecule has 90 valence electrons. The van der Waals surface area contributed by atoms with Crippen molar-refractivity contribution in [3.63, 3.8) is 0 Å². The van der Waals surface area contributed by atoms with Crippen LogP contribution in [-0.2, 0) is 20.4 Å². The summed E-state index contributed by atoms with van der Waals surface area (Å²) in [6.45, 7) is 0.388. The first-order chi connectivity index (χ1) is 6.77. The number of piperazine rings is 1. The van der Waals surface area contributed by atoms with Gasteiger partial charge in [-0.25, -0.2) is 9.86 Å². The van der Waals surface area contributed by atoms with E-state index in [-0.39, 0.29) is 26.2 Å². The van der Waals surface area contributed by atoms with E-state index in [4.69, 9.17) is 5.14 Å². The third-order valence-electron chi connectivity index (χ3n) is 2.16. The third kappa shape index (κ3) is 3.09. The lowest BCUT2D eigenvalue weighted by atomic mass is 10.4. The van der Waals surface area contributed by atoms with Crippen molar-refractivity contribution < 1.29 is 16.8 Å². The van der Waals surface area contributed by atoms with Gasteiger partial charge in [-0.1, -0.05) is 0 Å². The molecule has 1 heterocycles. The molecule has 8 nitrogen and oxygen atoms in total. The Morgan fingerprint density at radius 1 is 1.00 bits per heavy atom. The van der Waals surface area contributed by atoms with Crippen molar-refractivity contribution in [1.29, 1.82) is 0 Å². The van der Waals surface area contributed by atoms with Crippen molar-refractivity contribution in [2.45, 2.75) is 0 Å². The summed E-state index contributed by atoms with van der Waals surface area (Å²) >= 11 is 0. The van der Waals surface area contributed by atoms with Crippen LogP contribution in [0.1, 0.15) is 0 Å². The Hall–Kier alpha value is -0.260. The number of rotatable bonds is 3. The monoisotopic (exact) mass is 258 g/mol. The molecule has 0 radical (unpaired) electrons. The first kappa shape index (κ1) is 12.8. The molecule has 0 unspecified atom stereocenters. The van der Waals surface area contributed by atoms with Crippen LogP contribution in [-0.4, -0.2) is 58.7 Å². The molecule has 0 spiro atoms. The number of nitrogens with one attached hydrogen (secondary N) is 1. The fourth-order valence-electron chi connectivity index (χ4n) is 1.29. The van der Waals surface area contributed by atoms with Gasteiger partial charge < -0.3 is 0 Å². The summed E-state index contributed by atoms with van der Waals surface area (Å²) in [4.78, 5) is 0. The molecule has 0 amide bonds. The summed E-state index contributed by atoms with van der Waals surface area (Å²) in [5.74, 6) is 0. The number of hydrogen-bond donors (Lipinski definition) is 2. The van der Waals surface area contributed by atoms with Crippen molar-refractivity contribution in [2.75, 3.05) is 33.2 Å². The van der Waals surface area contributed by atoms with Crippen molar-refractivity contribution in [2.24, 2.45) is 5.14 Å². The van der Waals surface area contributed by atoms with E-state index < -0.39 is 20.4 Å². The quantitative estimate of drug-likeness (QED) is 0.572. The topological polar surface area (TPSA) is 113 Å². The minimum atomic E-state index is -3.71. The van der Waals surface area contributed by atoms with Gasteiger partial charge in [0, 0.05) is 33.2 Å². The van der Waals surface area contributed by atoms with Crippen LogP contribution in [0.5, 0.6) is 0 Å². The maximum Gasteiger partial charge on any atom is 0.279 e. The molecule has 1 saturated heterocycles. The molecule has 0 aliphatic carbocycles. The molecular formula is C5H14N4O4S2. The summed E-state index contributed by atoms with van der Waals surface area (Å²) in [5, 5.41) is 4.91. The molecule has 1 rings (SSSR count). The maximum absolute atomic E-state index is 11.3. The Labute approximate surface area is 89.4 Å². The fraction of sp³-hybridized carbons (Fsp3) is 1.00. The van der Waals surface area contributed by atoms with Gasteiger partial charge in [0.15, 0.2) is 0 Å². The third-order valence-corrected chi connectivity index (χ3v) is 4.80. The van der Waals surface area contributed by atoms with Gasteiger partial charge in [-0.15, -0.1) is 0 Å². The average molecular weight is 258 g/mol. The van der Waals surface area contributed by atoms with Gasteiger partial charge in [-0.3, -0.25) is 0 Å². The van der Waals surface area contributed by atoms with Gasteiger partial charge >= 0.3 is 0 Å². The fourth-order valence-corrected chi connectivity index (χ4v) is 2.87. The van der Waals surface area contributed by atoms with Gasteiger partial charge in [0.25, 0.3) is 20.4 Å². The van der Waals surface area contributed by atoms with E-state index >= 15 is 0 Å². The first-order valence-corrected chi connectivity index (χ1v) is 7.18. The minimum absolute atomic E-state index is 0.0831. The van der Waals surface area contributed by atoms with E-state index in [2.05, 4.69) is 4.72 Å². The Morgan fingerprint density at radius 3 is 1.73 bits per heavy atom. The molecule has 1 aliphatic rings. The van der Waals surface area contributed by atoms with Crippen LogP contribution in [0.15, 0.2) is 0 Å². The molecule has 3 N–H and O–H groups in total. The Bertz CT molecular complexity index is 408. The highest BCUT2D eigenvalue weighted by Gasteiger charge is 2.29. The molecule has 0 aromatic heterocycles. The molecule has 0 bridgehead atoms. The molecule has 0 atom stereocenters. The van der Waals surface area contributed by atoms with Crippen LogP contribution in [0, 0.1) is 0 Å². The van der Waals surface area contributed by atoms with Gasteiger partial charge in [0.05, 0.1) is 0 Å². The Kier molecular flexibility index (Phi) is 3.68. The largest absolute Gasteiger partial charge is 0.279 e. The predicted octanol–water partition coefficient (Wildman–Crippen LogP) is -2.73. The van der Waals surface area contributed by atoms with Crippen molar-refractivity contribution in [1.82, 2.24) is 13.3 Å². The van der Waals surface area contributed by atoms with E-state index in [0.29, 0.717) is 0 Å². The van der Waals surface area contributed by atoms with E-state index in [0.717, 1.165) is 4.31 Å². The zero-order valence-corrected chi connectivity index (χ0v) is 9.88. The Balaban J connectivity index is 2.65. The van der Waals surface area contributed by atoms with Gasteiger partial charge in [-0.2, -0.15) is 25.4 Å². The molecule has 1 aliphatic heterocycles. The first-order valence-electron chi connectivity index (χ1n) is 4.24. The molecule has 1 fully saturated rings.